The average molecular weight is 431 g/mol. The van der Waals surface area contributed by atoms with E-state index in [9.17, 15) is 9.59 Å². The van der Waals surface area contributed by atoms with Gasteiger partial charge in [-0.15, -0.1) is 0 Å². The van der Waals surface area contributed by atoms with E-state index in [0.717, 1.165) is 22.2 Å². The zero-order valence-electron chi connectivity index (χ0n) is 19.6. The maximum atomic E-state index is 13.2. The standard InChI is InChI=1S/C23H34N4O4/c1-15-9-8-10-17-18(15)26(7)25-19(17)23(5,6)24-20(28)16-13-27(11-12-30-14-16)21(29)31-22(2,3)4/h8-10,16H,11-14H2,1-7H3,(H,24,28). The second kappa shape index (κ2) is 8.49. The molecule has 1 N–H and O–H groups in total. The fourth-order valence-electron chi connectivity index (χ4n) is 3.93. The maximum Gasteiger partial charge on any atom is 0.410 e. The van der Waals surface area contributed by atoms with Gasteiger partial charge in [0.1, 0.15) is 5.60 Å². The molecule has 0 spiro atoms. The van der Waals surface area contributed by atoms with E-state index in [1.54, 1.807) is 4.90 Å². The van der Waals surface area contributed by atoms with Crippen LogP contribution in [0.15, 0.2) is 18.2 Å². The Balaban J connectivity index is 1.78. The molecule has 8 heteroatoms. The van der Waals surface area contributed by atoms with Crippen molar-refractivity contribution in [2.24, 2.45) is 13.0 Å². The summed E-state index contributed by atoms with van der Waals surface area (Å²) in [7, 11) is 1.91. The number of para-hydroxylation sites is 1. The molecule has 1 saturated heterocycles. The van der Waals surface area contributed by atoms with E-state index < -0.39 is 23.2 Å². The highest BCUT2D eigenvalue weighted by Crippen LogP contribution is 2.29. The number of carbonyl (C=O) groups excluding carboxylic acids is 2. The molecule has 1 unspecified atom stereocenters. The number of hydrogen-bond donors (Lipinski definition) is 1. The molecule has 0 saturated carbocycles. The Morgan fingerprint density at radius 1 is 1.23 bits per heavy atom. The van der Waals surface area contributed by atoms with Gasteiger partial charge in [-0.2, -0.15) is 5.10 Å². The first kappa shape index (κ1) is 23.1. The topological polar surface area (TPSA) is 85.7 Å². The predicted octanol–water partition coefficient (Wildman–Crippen LogP) is 3.12. The number of fused-ring (bicyclic) bond motifs is 1. The van der Waals surface area contributed by atoms with Crippen LogP contribution in [0.3, 0.4) is 0 Å². The Bertz CT molecular complexity index is 974. The number of amides is 2. The lowest BCUT2D eigenvalue weighted by Gasteiger charge is -2.30. The molecule has 1 aromatic heterocycles. The first-order valence-corrected chi connectivity index (χ1v) is 10.7. The van der Waals surface area contributed by atoms with Crippen LogP contribution in [0.4, 0.5) is 4.79 Å². The van der Waals surface area contributed by atoms with Crippen molar-refractivity contribution in [3.8, 4) is 0 Å². The molecule has 1 fully saturated rings. The zero-order chi connectivity index (χ0) is 23.0. The second-order valence-corrected chi connectivity index (χ2v) is 9.76. The van der Waals surface area contributed by atoms with Gasteiger partial charge in [-0.1, -0.05) is 18.2 Å². The molecule has 2 aromatic rings. The summed E-state index contributed by atoms with van der Waals surface area (Å²) in [5, 5.41) is 8.85. The smallest absolute Gasteiger partial charge is 0.410 e. The Hall–Kier alpha value is -2.61. The van der Waals surface area contributed by atoms with E-state index in [-0.39, 0.29) is 19.1 Å². The van der Waals surface area contributed by atoms with E-state index in [2.05, 4.69) is 5.32 Å². The number of nitrogens with zero attached hydrogens (tertiary/aromatic N) is 3. The van der Waals surface area contributed by atoms with E-state index in [1.807, 2.05) is 71.5 Å². The second-order valence-electron chi connectivity index (χ2n) is 9.76. The number of aryl methyl sites for hydroxylation is 2. The Morgan fingerprint density at radius 3 is 2.61 bits per heavy atom. The quantitative estimate of drug-likeness (QED) is 0.809. The fraction of sp³-hybridized carbons (Fsp3) is 0.609. The minimum absolute atomic E-state index is 0.174. The average Bonchev–Trinajstić information content (AvgIpc) is 2.84. The molecule has 0 bridgehead atoms. The fourth-order valence-corrected chi connectivity index (χ4v) is 3.93. The van der Waals surface area contributed by atoms with Gasteiger partial charge in [0.25, 0.3) is 0 Å². The monoisotopic (exact) mass is 430 g/mol. The van der Waals surface area contributed by atoms with Gasteiger partial charge in [-0.25, -0.2) is 4.79 Å². The Kier molecular flexibility index (Phi) is 6.32. The lowest BCUT2D eigenvalue weighted by Crippen LogP contribution is -2.48. The molecular weight excluding hydrogens is 396 g/mol. The summed E-state index contributed by atoms with van der Waals surface area (Å²) in [4.78, 5) is 27.3. The van der Waals surface area contributed by atoms with Crippen molar-refractivity contribution < 1.29 is 19.1 Å². The summed E-state index contributed by atoms with van der Waals surface area (Å²) in [6.07, 6.45) is -0.429. The lowest BCUT2D eigenvalue weighted by molar-refractivity contribution is -0.128. The molecule has 1 atom stereocenters. The summed E-state index contributed by atoms with van der Waals surface area (Å²) in [6.45, 7) is 12.7. The molecule has 1 aliphatic heterocycles. The molecule has 1 aliphatic rings. The van der Waals surface area contributed by atoms with E-state index >= 15 is 0 Å². The number of ether oxygens (including phenoxy) is 2. The van der Waals surface area contributed by atoms with Crippen molar-refractivity contribution in [3.63, 3.8) is 0 Å². The largest absolute Gasteiger partial charge is 0.444 e. The number of carbonyl (C=O) groups is 2. The van der Waals surface area contributed by atoms with Gasteiger partial charge in [0.15, 0.2) is 0 Å². The third kappa shape index (κ3) is 5.18. The van der Waals surface area contributed by atoms with Gasteiger partial charge in [-0.05, 0) is 47.1 Å². The van der Waals surface area contributed by atoms with Gasteiger partial charge in [0, 0.05) is 25.5 Å². The van der Waals surface area contributed by atoms with Gasteiger partial charge >= 0.3 is 6.09 Å². The van der Waals surface area contributed by atoms with Crippen molar-refractivity contribution in [3.05, 3.63) is 29.5 Å². The van der Waals surface area contributed by atoms with Crippen LogP contribution in [0, 0.1) is 12.8 Å². The van der Waals surface area contributed by atoms with Crippen LogP contribution in [0.25, 0.3) is 10.9 Å². The number of hydrogen-bond acceptors (Lipinski definition) is 5. The number of rotatable bonds is 3. The number of nitrogens with one attached hydrogen (secondary N) is 1. The normalized spacial score (nSPS) is 18.0. The molecule has 31 heavy (non-hydrogen) atoms. The Labute approximate surface area is 183 Å². The molecule has 0 radical (unpaired) electrons. The van der Waals surface area contributed by atoms with Crippen LogP contribution in [-0.4, -0.2) is 58.6 Å². The molecule has 1 aromatic carbocycles. The van der Waals surface area contributed by atoms with Crippen LogP contribution < -0.4 is 5.32 Å². The van der Waals surface area contributed by atoms with E-state index in [0.29, 0.717) is 13.2 Å². The SMILES string of the molecule is Cc1cccc2c(C(C)(C)NC(=O)C3COCCN(C(=O)OC(C)(C)C)C3)nn(C)c12. The summed E-state index contributed by atoms with van der Waals surface area (Å²) in [5.74, 6) is -0.669. The van der Waals surface area contributed by atoms with Crippen molar-refractivity contribution in [1.29, 1.82) is 0 Å². The lowest BCUT2D eigenvalue weighted by atomic mass is 9.95. The highest BCUT2D eigenvalue weighted by Gasteiger charge is 2.35. The van der Waals surface area contributed by atoms with Crippen LogP contribution in [0.5, 0.6) is 0 Å². The third-order valence-electron chi connectivity index (χ3n) is 5.38. The molecule has 0 aliphatic carbocycles. The van der Waals surface area contributed by atoms with Crippen LogP contribution in [0.2, 0.25) is 0 Å². The molecule has 2 amide bonds. The first-order chi connectivity index (χ1) is 14.4. The Morgan fingerprint density at radius 2 is 1.94 bits per heavy atom. The number of benzene rings is 1. The van der Waals surface area contributed by atoms with Crippen molar-refractivity contribution >= 4 is 22.9 Å². The van der Waals surface area contributed by atoms with Crippen LogP contribution in [0.1, 0.15) is 45.9 Å². The predicted molar refractivity (Wildman–Crippen MR) is 119 cm³/mol. The van der Waals surface area contributed by atoms with Crippen molar-refractivity contribution in [1.82, 2.24) is 20.0 Å². The summed E-state index contributed by atoms with van der Waals surface area (Å²) >= 11 is 0. The van der Waals surface area contributed by atoms with Gasteiger partial charge in [-0.3, -0.25) is 9.48 Å². The molecular formula is C23H34N4O4. The summed E-state index contributed by atoms with van der Waals surface area (Å²) < 4.78 is 13.0. The molecule has 3 rings (SSSR count). The minimum Gasteiger partial charge on any atom is -0.444 e. The van der Waals surface area contributed by atoms with Crippen molar-refractivity contribution in [2.75, 3.05) is 26.3 Å². The maximum absolute atomic E-state index is 13.2. The highest BCUT2D eigenvalue weighted by atomic mass is 16.6. The molecule has 2 heterocycles. The first-order valence-electron chi connectivity index (χ1n) is 10.7. The minimum atomic E-state index is -0.701. The van der Waals surface area contributed by atoms with Crippen molar-refractivity contribution in [2.45, 2.75) is 52.7 Å². The van der Waals surface area contributed by atoms with Crippen LogP contribution >= 0.6 is 0 Å². The van der Waals surface area contributed by atoms with E-state index in [4.69, 9.17) is 14.6 Å². The third-order valence-corrected chi connectivity index (χ3v) is 5.38. The summed E-state index contributed by atoms with van der Waals surface area (Å²) in [6, 6.07) is 6.07. The van der Waals surface area contributed by atoms with Gasteiger partial charge in [0.2, 0.25) is 5.91 Å². The van der Waals surface area contributed by atoms with E-state index in [1.165, 1.54) is 0 Å². The zero-order valence-corrected chi connectivity index (χ0v) is 19.6. The summed E-state index contributed by atoms with van der Waals surface area (Å²) in [5.41, 5.74) is 1.69. The van der Waals surface area contributed by atoms with Gasteiger partial charge in [0.05, 0.1) is 35.9 Å². The molecule has 170 valence electrons. The molecule has 8 nitrogen and oxygen atoms in total. The van der Waals surface area contributed by atoms with Gasteiger partial charge < -0.3 is 19.7 Å². The highest BCUT2D eigenvalue weighted by molar-refractivity contribution is 5.87. The number of aromatic nitrogens is 2. The van der Waals surface area contributed by atoms with Crippen LogP contribution in [-0.2, 0) is 26.9 Å².